The molecule has 0 saturated carbocycles. The highest BCUT2D eigenvalue weighted by atomic mass is 19.2. The van der Waals surface area contributed by atoms with Gasteiger partial charge in [-0.1, -0.05) is 39.9 Å². The fourth-order valence-electron chi connectivity index (χ4n) is 1.56. The zero-order valence-electron chi connectivity index (χ0n) is 9.03. The summed E-state index contributed by atoms with van der Waals surface area (Å²) in [6.07, 6.45) is 1.06. The van der Waals surface area contributed by atoms with E-state index < -0.39 is 5.97 Å². The van der Waals surface area contributed by atoms with Crippen LogP contribution in [0.15, 0.2) is 46.8 Å². The molecule has 90 valence electrons. The normalized spacial score (nSPS) is 15.6. The molecule has 6 heteroatoms. The second kappa shape index (κ2) is 4.82. The molecule has 0 atom stereocenters. The summed E-state index contributed by atoms with van der Waals surface area (Å²) in [5, 5.41) is 2.72. The molecule has 0 aliphatic carbocycles. The van der Waals surface area contributed by atoms with E-state index in [9.17, 15) is 8.87 Å². The molecule has 0 unspecified atom stereocenters. The number of nitrogens with two attached hydrogens (primary N) is 1. The quantitative estimate of drug-likeness (QED) is 0.789. The lowest BCUT2D eigenvalue weighted by molar-refractivity contribution is -0.0225. The highest BCUT2D eigenvalue weighted by Crippen LogP contribution is 2.14. The Kier molecular flexibility index (Phi) is 3.22. The summed E-state index contributed by atoms with van der Waals surface area (Å²) in [5.74, 6) is -1.01. The highest BCUT2D eigenvalue weighted by Gasteiger charge is 2.18. The van der Waals surface area contributed by atoms with Crippen molar-refractivity contribution in [3.63, 3.8) is 0 Å². The number of hydrogen-bond acceptors (Lipinski definition) is 4. The molecule has 1 aromatic carbocycles. The molecular formula is C11H12F2N4. The maximum absolute atomic E-state index is 13.0. The summed E-state index contributed by atoms with van der Waals surface area (Å²) >= 11 is 0. The molecule has 1 aromatic rings. The van der Waals surface area contributed by atoms with Crippen molar-refractivity contribution in [3.8, 4) is 0 Å². The van der Waals surface area contributed by atoms with E-state index in [2.05, 4.69) is 10.5 Å². The number of halogens is 2. The number of aryl methyl sites for hydroxylation is 1. The first-order valence-corrected chi connectivity index (χ1v) is 5.16. The third-order valence-corrected chi connectivity index (χ3v) is 2.46. The van der Waals surface area contributed by atoms with Crippen LogP contribution >= 0.6 is 0 Å². The fraction of sp³-hybridized carbons (Fsp3) is 0.182. The average Bonchev–Trinajstić information content (AvgIpc) is 2.33. The van der Waals surface area contributed by atoms with Crippen LogP contribution in [-0.2, 0) is 6.42 Å². The van der Waals surface area contributed by atoms with Gasteiger partial charge in [-0.25, -0.2) is 0 Å². The lowest BCUT2D eigenvalue weighted by Crippen LogP contribution is -2.35. The largest absolute Gasteiger partial charge is 0.393 e. The first-order valence-electron chi connectivity index (χ1n) is 5.16. The minimum Gasteiger partial charge on any atom is -0.393 e. The number of rotatable bonds is 3. The molecule has 0 spiro atoms. The Bertz CT molecular complexity index is 456. The predicted octanol–water partition coefficient (Wildman–Crippen LogP) is 1.78. The number of hydrazone groups is 1. The number of hydrazine groups is 1. The van der Waals surface area contributed by atoms with Crippen LogP contribution in [-0.4, -0.2) is 11.3 Å². The molecule has 0 amide bonds. The van der Waals surface area contributed by atoms with Gasteiger partial charge < -0.3 is 5.73 Å². The van der Waals surface area contributed by atoms with E-state index in [4.69, 9.17) is 5.73 Å². The van der Waals surface area contributed by atoms with Gasteiger partial charge in [0.25, 0.3) is 5.97 Å². The number of allylic oxidation sites excluding steroid dienone is 2. The van der Waals surface area contributed by atoms with Crippen molar-refractivity contribution in [3.05, 3.63) is 47.3 Å². The molecule has 0 radical (unpaired) electrons. The van der Waals surface area contributed by atoms with E-state index >= 15 is 0 Å². The van der Waals surface area contributed by atoms with Gasteiger partial charge in [-0.3, -0.25) is 5.43 Å². The first-order chi connectivity index (χ1) is 8.16. The SMILES string of the molecule is NC1=C(CCc2ccccc2)NN(F)N=C1F. The smallest absolute Gasteiger partial charge is 0.260 e. The average molecular weight is 238 g/mol. The van der Waals surface area contributed by atoms with Gasteiger partial charge in [0.1, 0.15) is 5.70 Å². The maximum atomic E-state index is 13.0. The van der Waals surface area contributed by atoms with Crippen LogP contribution in [0.2, 0.25) is 0 Å². The molecule has 3 N–H and O–H groups in total. The minimum absolute atomic E-state index is 0.144. The third kappa shape index (κ3) is 2.72. The third-order valence-electron chi connectivity index (χ3n) is 2.46. The Labute approximate surface area is 97.3 Å². The molecule has 17 heavy (non-hydrogen) atoms. The molecular weight excluding hydrogens is 226 g/mol. The van der Waals surface area contributed by atoms with E-state index in [1.807, 2.05) is 30.3 Å². The lowest BCUT2D eigenvalue weighted by atomic mass is 10.1. The maximum Gasteiger partial charge on any atom is 0.260 e. The Morgan fingerprint density at radius 1 is 1.24 bits per heavy atom. The molecule has 0 saturated heterocycles. The summed E-state index contributed by atoms with van der Waals surface area (Å²) in [4.78, 5) is 0. The van der Waals surface area contributed by atoms with Gasteiger partial charge in [-0.15, -0.1) is 0 Å². The summed E-state index contributed by atoms with van der Waals surface area (Å²) < 4.78 is 25.8. The van der Waals surface area contributed by atoms with Crippen molar-refractivity contribution >= 4 is 5.97 Å². The molecule has 4 nitrogen and oxygen atoms in total. The van der Waals surface area contributed by atoms with Crippen molar-refractivity contribution in [2.45, 2.75) is 12.8 Å². The topological polar surface area (TPSA) is 53.6 Å². The van der Waals surface area contributed by atoms with Crippen LogP contribution in [0, 0.1) is 0 Å². The second-order valence-electron chi connectivity index (χ2n) is 3.64. The second-order valence-corrected chi connectivity index (χ2v) is 3.64. The number of benzene rings is 1. The van der Waals surface area contributed by atoms with Crippen molar-refractivity contribution in [1.82, 2.24) is 10.8 Å². The molecule has 0 aromatic heterocycles. The van der Waals surface area contributed by atoms with E-state index in [0.717, 1.165) is 5.56 Å². The van der Waals surface area contributed by atoms with Gasteiger partial charge in [-0.2, -0.15) is 4.39 Å². The minimum atomic E-state index is -1.01. The Morgan fingerprint density at radius 3 is 2.65 bits per heavy atom. The van der Waals surface area contributed by atoms with Crippen LogP contribution < -0.4 is 11.2 Å². The summed E-state index contributed by atoms with van der Waals surface area (Å²) in [6, 6.07) is 9.61. The van der Waals surface area contributed by atoms with E-state index in [-0.39, 0.29) is 11.0 Å². The van der Waals surface area contributed by atoms with E-state index in [1.165, 1.54) is 0 Å². The molecule has 0 fully saturated rings. The van der Waals surface area contributed by atoms with Gasteiger partial charge in [0.05, 0.1) is 5.70 Å². The number of hydrogen-bond donors (Lipinski definition) is 2. The zero-order chi connectivity index (χ0) is 12.3. The lowest BCUT2D eigenvalue weighted by Gasteiger charge is -2.20. The Balaban J connectivity index is 2.04. The van der Waals surface area contributed by atoms with Crippen molar-refractivity contribution < 1.29 is 8.87 Å². The van der Waals surface area contributed by atoms with Crippen LogP contribution in [0.1, 0.15) is 12.0 Å². The number of nitrogens with one attached hydrogen (secondary N) is 1. The van der Waals surface area contributed by atoms with Crippen molar-refractivity contribution in [1.29, 1.82) is 0 Å². The Morgan fingerprint density at radius 2 is 1.94 bits per heavy atom. The van der Waals surface area contributed by atoms with Gasteiger partial charge in [0, 0.05) is 0 Å². The Hall–Kier alpha value is -2.11. The fourth-order valence-corrected chi connectivity index (χ4v) is 1.56. The van der Waals surface area contributed by atoms with Crippen molar-refractivity contribution in [2.75, 3.05) is 0 Å². The summed E-state index contributed by atoms with van der Waals surface area (Å²) in [7, 11) is 0. The van der Waals surface area contributed by atoms with E-state index in [0.29, 0.717) is 18.5 Å². The molecule has 2 rings (SSSR count). The highest BCUT2D eigenvalue weighted by molar-refractivity contribution is 5.92. The first kappa shape index (κ1) is 11.4. The zero-order valence-corrected chi connectivity index (χ0v) is 9.03. The van der Waals surface area contributed by atoms with Gasteiger partial charge in [0.2, 0.25) is 0 Å². The van der Waals surface area contributed by atoms with Crippen LogP contribution in [0.4, 0.5) is 8.87 Å². The monoisotopic (exact) mass is 238 g/mol. The molecule has 0 bridgehead atoms. The number of nitrogens with zero attached hydrogens (tertiary/aromatic N) is 2. The predicted molar refractivity (Wildman–Crippen MR) is 60.6 cm³/mol. The van der Waals surface area contributed by atoms with E-state index in [1.54, 1.807) is 0 Å². The van der Waals surface area contributed by atoms with Crippen molar-refractivity contribution in [2.24, 2.45) is 10.8 Å². The van der Waals surface area contributed by atoms with Gasteiger partial charge in [0.15, 0.2) is 0 Å². The molecule has 1 heterocycles. The van der Waals surface area contributed by atoms with Crippen LogP contribution in [0.3, 0.4) is 0 Å². The molecule has 1 aliphatic heterocycles. The summed E-state index contributed by atoms with van der Waals surface area (Å²) in [6.45, 7) is 0. The standard InChI is InChI=1S/C11H12F2N4/c12-11-10(14)9(15-17(13)16-11)7-6-8-4-2-1-3-5-8/h1-5,15H,6-7,14H2. The van der Waals surface area contributed by atoms with Crippen LogP contribution in [0.25, 0.3) is 0 Å². The summed E-state index contributed by atoms with van der Waals surface area (Å²) in [5.41, 5.74) is 8.95. The molecule has 1 aliphatic rings. The van der Waals surface area contributed by atoms with Crippen LogP contribution in [0.5, 0.6) is 0 Å². The van der Waals surface area contributed by atoms with Gasteiger partial charge >= 0.3 is 0 Å². The van der Waals surface area contributed by atoms with Gasteiger partial charge in [-0.05, 0) is 23.7 Å².